The summed E-state index contributed by atoms with van der Waals surface area (Å²) in [6.07, 6.45) is 2.51. The lowest BCUT2D eigenvalue weighted by Gasteiger charge is -2.00. The van der Waals surface area contributed by atoms with E-state index in [0.717, 1.165) is 4.68 Å². The molecule has 0 aliphatic rings. The first kappa shape index (κ1) is 11.6. The number of nitrogens with one attached hydrogen (secondary N) is 1. The van der Waals surface area contributed by atoms with Gasteiger partial charge in [0.25, 0.3) is 5.56 Å². The van der Waals surface area contributed by atoms with Crippen LogP contribution in [0.25, 0.3) is 5.82 Å². The molecule has 0 unspecified atom stereocenters. The first-order valence-corrected chi connectivity index (χ1v) is 5.40. The number of rotatable bonds is 2. The second kappa shape index (κ2) is 4.16. The smallest absolute Gasteiger partial charge is 0.358 e. The van der Waals surface area contributed by atoms with E-state index in [4.69, 9.17) is 10.8 Å². The highest BCUT2D eigenvalue weighted by molar-refractivity contribution is 14.1. The van der Waals surface area contributed by atoms with Crippen LogP contribution in [0.5, 0.6) is 0 Å². The standard InChI is InChI=1S/C8H6IN5O3/c9-4-6(11-2-12-7(4)15)14-1-3(10)5(13-14)8(16)17/h1-2H,10H2,(H,16,17)(H,11,12,15). The Labute approximate surface area is 108 Å². The van der Waals surface area contributed by atoms with Crippen LogP contribution >= 0.6 is 22.6 Å². The lowest BCUT2D eigenvalue weighted by atomic mass is 10.4. The highest BCUT2D eigenvalue weighted by atomic mass is 127. The van der Waals surface area contributed by atoms with Gasteiger partial charge in [-0.2, -0.15) is 5.10 Å². The highest BCUT2D eigenvalue weighted by Crippen LogP contribution is 2.14. The average Bonchev–Trinajstić information content (AvgIpc) is 2.64. The number of hydrogen-bond donors (Lipinski definition) is 3. The molecule has 0 bridgehead atoms. The van der Waals surface area contributed by atoms with Crippen LogP contribution in [-0.2, 0) is 0 Å². The second-order valence-electron chi connectivity index (χ2n) is 3.05. The van der Waals surface area contributed by atoms with Gasteiger partial charge in [-0.05, 0) is 22.6 Å². The molecular weight excluding hydrogens is 341 g/mol. The van der Waals surface area contributed by atoms with Crippen molar-refractivity contribution in [3.8, 4) is 5.82 Å². The summed E-state index contributed by atoms with van der Waals surface area (Å²) in [7, 11) is 0. The summed E-state index contributed by atoms with van der Waals surface area (Å²) in [5, 5.41) is 12.6. The molecule has 9 heteroatoms. The van der Waals surface area contributed by atoms with Crippen molar-refractivity contribution < 1.29 is 9.90 Å². The third-order valence-electron chi connectivity index (χ3n) is 1.94. The number of aromatic carboxylic acids is 1. The van der Waals surface area contributed by atoms with Crippen molar-refractivity contribution in [2.75, 3.05) is 5.73 Å². The summed E-state index contributed by atoms with van der Waals surface area (Å²) < 4.78 is 1.46. The summed E-state index contributed by atoms with van der Waals surface area (Å²) in [4.78, 5) is 28.4. The zero-order valence-electron chi connectivity index (χ0n) is 8.22. The molecule has 0 atom stereocenters. The Morgan fingerprint density at radius 2 is 2.29 bits per heavy atom. The number of carbonyl (C=O) groups is 1. The zero-order valence-corrected chi connectivity index (χ0v) is 10.4. The van der Waals surface area contributed by atoms with Gasteiger partial charge in [-0.3, -0.25) is 4.79 Å². The Morgan fingerprint density at radius 3 is 2.88 bits per heavy atom. The number of H-pyrrole nitrogens is 1. The maximum atomic E-state index is 11.3. The lowest BCUT2D eigenvalue weighted by Crippen LogP contribution is -2.15. The molecule has 4 N–H and O–H groups in total. The molecule has 17 heavy (non-hydrogen) atoms. The number of aromatic nitrogens is 4. The monoisotopic (exact) mass is 347 g/mol. The number of nitrogens with two attached hydrogens (primary N) is 1. The summed E-state index contributed by atoms with van der Waals surface area (Å²) in [5.74, 6) is -1.00. The number of aromatic amines is 1. The largest absolute Gasteiger partial charge is 0.476 e. The summed E-state index contributed by atoms with van der Waals surface area (Å²) >= 11 is 1.79. The molecule has 0 saturated carbocycles. The maximum Gasteiger partial charge on any atom is 0.358 e. The average molecular weight is 347 g/mol. The van der Waals surface area contributed by atoms with E-state index in [9.17, 15) is 9.59 Å². The SMILES string of the molecule is Nc1cn(-c2nc[nH]c(=O)c2I)nc1C(=O)O. The number of nitrogen functional groups attached to an aromatic ring is 1. The molecular formula is C8H6IN5O3. The van der Waals surface area contributed by atoms with Crippen LogP contribution in [0.15, 0.2) is 17.3 Å². The van der Waals surface area contributed by atoms with E-state index in [1.165, 1.54) is 12.5 Å². The number of carboxylic acids is 1. The Morgan fingerprint density at radius 1 is 1.59 bits per heavy atom. The van der Waals surface area contributed by atoms with Crippen molar-refractivity contribution in [2.45, 2.75) is 0 Å². The van der Waals surface area contributed by atoms with Crippen LogP contribution in [-0.4, -0.2) is 30.8 Å². The van der Waals surface area contributed by atoms with E-state index in [1.807, 2.05) is 0 Å². The molecule has 2 heterocycles. The quantitative estimate of drug-likeness (QED) is 0.648. The minimum atomic E-state index is -1.24. The third kappa shape index (κ3) is 2.00. The van der Waals surface area contributed by atoms with E-state index in [2.05, 4.69) is 15.1 Å². The molecule has 88 valence electrons. The maximum absolute atomic E-state index is 11.3. The van der Waals surface area contributed by atoms with E-state index in [-0.39, 0.29) is 22.8 Å². The molecule has 2 aromatic rings. The van der Waals surface area contributed by atoms with Crippen LogP contribution < -0.4 is 11.3 Å². The van der Waals surface area contributed by atoms with Crippen molar-refractivity contribution in [2.24, 2.45) is 0 Å². The predicted molar refractivity (Wildman–Crippen MR) is 66.1 cm³/mol. The van der Waals surface area contributed by atoms with E-state index in [0.29, 0.717) is 3.57 Å². The molecule has 0 fully saturated rings. The van der Waals surface area contributed by atoms with Gasteiger partial charge in [-0.1, -0.05) is 0 Å². The fourth-order valence-corrected chi connectivity index (χ4v) is 1.74. The van der Waals surface area contributed by atoms with Crippen molar-refractivity contribution >= 4 is 34.2 Å². The highest BCUT2D eigenvalue weighted by Gasteiger charge is 2.16. The molecule has 2 aromatic heterocycles. The van der Waals surface area contributed by atoms with Crippen LogP contribution in [0.3, 0.4) is 0 Å². The van der Waals surface area contributed by atoms with Crippen molar-refractivity contribution in [1.82, 2.24) is 19.7 Å². The normalized spacial score (nSPS) is 10.4. The van der Waals surface area contributed by atoms with Gasteiger partial charge in [-0.15, -0.1) is 0 Å². The molecule has 0 aromatic carbocycles. The second-order valence-corrected chi connectivity index (χ2v) is 4.13. The predicted octanol–water partition coefficient (Wildman–Crippen LogP) is -0.159. The van der Waals surface area contributed by atoms with Crippen molar-refractivity contribution in [3.05, 3.63) is 32.1 Å². The van der Waals surface area contributed by atoms with Gasteiger partial charge < -0.3 is 15.8 Å². The molecule has 0 radical (unpaired) electrons. The number of anilines is 1. The fraction of sp³-hybridized carbons (Fsp3) is 0. The van der Waals surface area contributed by atoms with Crippen LogP contribution in [0.2, 0.25) is 0 Å². The van der Waals surface area contributed by atoms with Crippen LogP contribution in [0.1, 0.15) is 10.5 Å². The van der Waals surface area contributed by atoms with Crippen molar-refractivity contribution in [3.63, 3.8) is 0 Å². The minimum Gasteiger partial charge on any atom is -0.476 e. The molecule has 0 spiro atoms. The molecule has 8 nitrogen and oxygen atoms in total. The van der Waals surface area contributed by atoms with Crippen LogP contribution in [0.4, 0.5) is 5.69 Å². The number of nitrogens with zero attached hydrogens (tertiary/aromatic N) is 3. The molecule has 0 aliphatic carbocycles. The van der Waals surface area contributed by atoms with E-state index in [1.54, 1.807) is 22.6 Å². The van der Waals surface area contributed by atoms with Gasteiger partial charge in [0.05, 0.1) is 18.2 Å². The van der Waals surface area contributed by atoms with Gasteiger partial charge in [0.15, 0.2) is 11.5 Å². The van der Waals surface area contributed by atoms with Gasteiger partial charge in [-0.25, -0.2) is 14.5 Å². The summed E-state index contributed by atoms with van der Waals surface area (Å²) in [6, 6.07) is 0. The Kier molecular flexibility index (Phi) is 2.83. The number of halogens is 1. The summed E-state index contributed by atoms with van der Waals surface area (Å²) in [5.41, 5.74) is 4.89. The van der Waals surface area contributed by atoms with Crippen molar-refractivity contribution in [1.29, 1.82) is 0 Å². The molecule has 0 amide bonds. The van der Waals surface area contributed by atoms with Gasteiger partial charge in [0.2, 0.25) is 0 Å². The first-order valence-electron chi connectivity index (χ1n) is 4.32. The first-order chi connectivity index (χ1) is 8.00. The molecule has 2 rings (SSSR count). The van der Waals surface area contributed by atoms with E-state index < -0.39 is 5.97 Å². The topological polar surface area (TPSA) is 127 Å². The Balaban J connectivity index is 2.62. The number of carboxylic acid groups (broad SMARTS) is 1. The third-order valence-corrected chi connectivity index (χ3v) is 2.91. The van der Waals surface area contributed by atoms with Gasteiger partial charge in [0, 0.05) is 0 Å². The van der Waals surface area contributed by atoms with Gasteiger partial charge >= 0.3 is 5.97 Å². The molecule has 0 aliphatic heterocycles. The van der Waals surface area contributed by atoms with E-state index >= 15 is 0 Å². The Hall–Kier alpha value is -1.91. The summed E-state index contributed by atoms with van der Waals surface area (Å²) in [6.45, 7) is 0. The zero-order chi connectivity index (χ0) is 12.6. The van der Waals surface area contributed by atoms with Gasteiger partial charge in [0.1, 0.15) is 3.57 Å². The fourth-order valence-electron chi connectivity index (χ4n) is 1.20. The Bertz CT molecular complexity index is 647. The number of hydrogen-bond acceptors (Lipinski definition) is 5. The van der Waals surface area contributed by atoms with Crippen LogP contribution in [0, 0.1) is 3.57 Å². The lowest BCUT2D eigenvalue weighted by molar-refractivity contribution is 0.0691. The minimum absolute atomic E-state index is 0.00961. The molecule has 0 saturated heterocycles.